The van der Waals surface area contributed by atoms with E-state index in [-0.39, 0.29) is 30.9 Å². The van der Waals surface area contributed by atoms with Gasteiger partial charge >= 0.3 is 0 Å². The summed E-state index contributed by atoms with van der Waals surface area (Å²) in [4.78, 5) is 33.1. The first-order valence-corrected chi connectivity index (χ1v) is 9.59. The van der Waals surface area contributed by atoms with Gasteiger partial charge in [0.1, 0.15) is 11.6 Å². The van der Waals surface area contributed by atoms with Gasteiger partial charge < -0.3 is 5.32 Å². The molecule has 6 nitrogen and oxygen atoms in total. The largest absolute Gasteiger partial charge is 0.323 e. The van der Waals surface area contributed by atoms with Gasteiger partial charge in [-0.3, -0.25) is 19.4 Å². The topological polar surface area (TPSA) is 65.5 Å². The number of anilines is 2. The van der Waals surface area contributed by atoms with Crippen LogP contribution in [0.4, 0.5) is 11.4 Å². The molecule has 27 heavy (non-hydrogen) atoms. The number of amides is 2. The fraction of sp³-hybridized carbons (Fsp3) is 0.250. The lowest BCUT2D eigenvalue weighted by atomic mass is 10.2. The Balaban J connectivity index is 1.51. The Morgan fingerprint density at radius 2 is 2.00 bits per heavy atom. The minimum Gasteiger partial charge on any atom is -0.323 e. The number of thiazole rings is 1. The molecule has 4 rings (SSSR count). The highest BCUT2D eigenvalue weighted by molar-refractivity contribution is 7.18. The SMILES string of the molecule is CC(c1nc2ccccc2s1)N(C)CC(=O)N1CC(=O)Nc2ccccc21. The molecule has 2 amide bonds. The normalized spacial score (nSPS) is 14.9. The molecule has 2 heterocycles. The van der Waals surface area contributed by atoms with Crippen molar-refractivity contribution in [1.82, 2.24) is 9.88 Å². The van der Waals surface area contributed by atoms with Crippen molar-refractivity contribution in [3.8, 4) is 0 Å². The van der Waals surface area contributed by atoms with Crippen LogP contribution in [0.15, 0.2) is 48.5 Å². The Kier molecular flexibility index (Phi) is 4.63. The number of fused-ring (bicyclic) bond motifs is 2. The molecule has 1 atom stereocenters. The summed E-state index contributed by atoms with van der Waals surface area (Å²) in [5.41, 5.74) is 2.39. The average molecular weight is 380 g/mol. The van der Waals surface area contributed by atoms with Crippen LogP contribution in [0, 0.1) is 0 Å². The number of hydrogen-bond donors (Lipinski definition) is 1. The molecule has 1 unspecified atom stereocenters. The molecule has 1 aliphatic heterocycles. The summed E-state index contributed by atoms with van der Waals surface area (Å²) in [6.45, 7) is 2.29. The molecule has 0 saturated carbocycles. The number of rotatable bonds is 4. The lowest BCUT2D eigenvalue weighted by Gasteiger charge is -2.31. The molecule has 1 aliphatic rings. The molecule has 1 aromatic heterocycles. The van der Waals surface area contributed by atoms with Crippen molar-refractivity contribution in [3.05, 3.63) is 53.5 Å². The first kappa shape index (κ1) is 17.6. The van der Waals surface area contributed by atoms with E-state index in [1.807, 2.05) is 55.3 Å². The highest BCUT2D eigenvalue weighted by Crippen LogP contribution is 2.31. The zero-order chi connectivity index (χ0) is 19.0. The van der Waals surface area contributed by atoms with Crippen LogP contribution in [0.1, 0.15) is 18.0 Å². The highest BCUT2D eigenvalue weighted by atomic mass is 32.1. The van der Waals surface area contributed by atoms with Crippen LogP contribution in [-0.4, -0.2) is 41.8 Å². The van der Waals surface area contributed by atoms with Gasteiger partial charge in [0.15, 0.2) is 0 Å². The van der Waals surface area contributed by atoms with Gasteiger partial charge in [0.2, 0.25) is 11.8 Å². The highest BCUT2D eigenvalue weighted by Gasteiger charge is 2.28. The third-order valence-electron chi connectivity index (χ3n) is 4.79. The molecule has 0 aliphatic carbocycles. The molecular weight excluding hydrogens is 360 g/mol. The average Bonchev–Trinajstić information content (AvgIpc) is 3.10. The van der Waals surface area contributed by atoms with Crippen LogP contribution in [0.25, 0.3) is 10.2 Å². The van der Waals surface area contributed by atoms with Crippen LogP contribution in [0.2, 0.25) is 0 Å². The Morgan fingerprint density at radius 3 is 2.81 bits per heavy atom. The third-order valence-corrected chi connectivity index (χ3v) is 5.99. The lowest BCUT2D eigenvalue weighted by Crippen LogP contribution is -2.46. The lowest BCUT2D eigenvalue weighted by molar-refractivity contribution is -0.122. The summed E-state index contributed by atoms with van der Waals surface area (Å²) < 4.78 is 1.14. The van der Waals surface area contributed by atoms with Crippen molar-refractivity contribution in [2.75, 3.05) is 30.4 Å². The Labute approximate surface area is 161 Å². The zero-order valence-corrected chi connectivity index (χ0v) is 16.0. The summed E-state index contributed by atoms with van der Waals surface area (Å²) in [7, 11) is 1.91. The van der Waals surface area contributed by atoms with E-state index in [1.165, 1.54) is 0 Å². The molecule has 2 aromatic carbocycles. The number of hydrogen-bond acceptors (Lipinski definition) is 5. The number of carbonyl (C=O) groups excluding carboxylic acids is 2. The predicted octanol–water partition coefficient (Wildman–Crippen LogP) is 3.27. The number of carbonyl (C=O) groups is 2. The second-order valence-electron chi connectivity index (χ2n) is 6.66. The second-order valence-corrected chi connectivity index (χ2v) is 7.72. The third kappa shape index (κ3) is 3.43. The molecule has 138 valence electrons. The molecule has 0 fully saturated rings. The molecular formula is C20H20N4O2S. The summed E-state index contributed by atoms with van der Waals surface area (Å²) in [5.74, 6) is -0.281. The van der Waals surface area contributed by atoms with Crippen molar-refractivity contribution < 1.29 is 9.59 Å². The van der Waals surface area contributed by atoms with Crippen molar-refractivity contribution in [3.63, 3.8) is 0 Å². The van der Waals surface area contributed by atoms with Crippen molar-refractivity contribution in [2.24, 2.45) is 0 Å². The number of para-hydroxylation sites is 3. The minimum absolute atomic E-state index is 0.000195. The number of nitrogens with zero attached hydrogens (tertiary/aromatic N) is 3. The fourth-order valence-corrected chi connectivity index (χ4v) is 4.23. The molecule has 7 heteroatoms. The van der Waals surface area contributed by atoms with Gasteiger partial charge in [-0.15, -0.1) is 11.3 Å². The minimum atomic E-state index is -0.177. The number of aromatic nitrogens is 1. The van der Waals surface area contributed by atoms with Crippen LogP contribution in [0.3, 0.4) is 0 Å². The first-order valence-electron chi connectivity index (χ1n) is 8.78. The van der Waals surface area contributed by atoms with E-state index < -0.39 is 0 Å². The fourth-order valence-electron chi connectivity index (χ4n) is 3.15. The Morgan fingerprint density at radius 1 is 1.26 bits per heavy atom. The van der Waals surface area contributed by atoms with Gasteiger partial charge in [-0.2, -0.15) is 0 Å². The Hall–Kier alpha value is -2.77. The first-order chi connectivity index (χ1) is 13.0. The van der Waals surface area contributed by atoms with E-state index in [1.54, 1.807) is 22.3 Å². The number of benzene rings is 2. The van der Waals surface area contributed by atoms with Crippen LogP contribution in [-0.2, 0) is 9.59 Å². The van der Waals surface area contributed by atoms with Crippen LogP contribution in [0.5, 0.6) is 0 Å². The van der Waals surface area contributed by atoms with Crippen LogP contribution >= 0.6 is 11.3 Å². The van der Waals surface area contributed by atoms with Gasteiger partial charge in [-0.25, -0.2) is 4.98 Å². The standard InChI is InChI=1S/C20H20N4O2S/c1-13(20-22-15-8-4-6-10-17(15)27-20)23(2)12-19(26)24-11-18(25)21-14-7-3-5-9-16(14)24/h3-10,13H,11-12H2,1-2H3,(H,21,25). The summed E-state index contributed by atoms with van der Waals surface area (Å²) in [6.07, 6.45) is 0. The monoisotopic (exact) mass is 380 g/mol. The summed E-state index contributed by atoms with van der Waals surface area (Å²) in [5, 5.41) is 3.78. The van der Waals surface area contributed by atoms with Gasteiger partial charge in [0, 0.05) is 0 Å². The van der Waals surface area contributed by atoms with Crippen molar-refractivity contribution >= 4 is 44.7 Å². The van der Waals surface area contributed by atoms with Crippen molar-refractivity contribution in [2.45, 2.75) is 13.0 Å². The van der Waals surface area contributed by atoms with Gasteiger partial charge in [0.05, 0.1) is 34.2 Å². The quantitative estimate of drug-likeness (QED) is 0.754. The van der Waals surface area contributed by atoms with E-state index in [0.29, 0.717) is 5.69 Å². The van der Waals surface area contributed by atoms with E-state index >= 15 is 0 Å². The molecule has 0 saturated heterocycles. The maximum atomic E-state index is 12.9. The molecule has 3 aromatic rings. The van der Waals surface area contributed by atoms with Crippen molar-refractivity contribution in [1.29, 1.82) is 0 Å². The zero-order valence-electron chi connectivity index (χ0n) is 15.2. The van der Waals surface area contributed by atoms with E-state index in [0.717, 1.165) is 20.9 Å². The number of nitrogens with one attached hydrogen (secondary N) is 1. The van der Waals surface area contributed by atoms with E-state index in [9.17, 15) is 9.59 Å². The summed E-state index contributed by atoms with van der Waals surface area (Å²) >= 11 is 1.64. The molecule has 1 N–H and O–H groups in total. The molecule has 0 radical (unpaired) electrons. The second kappa shape index (κ2) is 7.09. The van der Waals surface area contributed by atoms with Gasteiger partial charge in [-0.1, -0.05) is 24.3 Å². The molecule has 0 bridgehead atoms. The summed E-state index contributed by atoms with van der Waals surface area (Å²) in [6, 6.07) is 15.4. The maximum absolute atomic E-state index is 12.9. The van der Waals surface area contributed by atoms with Gasteiger partial charge in [-0.05, 0) is 38.2 Å². The number of likely N-dealkylation sites (N-methyl/N-ethyl adjacent to an activating group) is 1. The van der Waals surface area contributed by atoms with E-state index in [2.05, 4.69) is 16.4 Å². The van der Waals surface area contributed by atoms with Crippen LogP contribution < -0.4 is 10.2 Å². The van der Waals surface area contributed by atoms with E-state index in [4.69, 9.17) is 0 Å². The smallest absolute Gasteiger partial charge is 0.244 e. The maximum Gasteiger partial charge on any atom is 0.244 e. The molecule has 0 spiro atoms. The van der Waals surface area contributed by atoms with Gasteiger partial charge in [0.25, 0.3) is 0 Å². The Bertz CT molecular complexity index is 983. The predicted molar refractivity (Wildman–Crippen MR) is 108 cm³/mol.